The molecule has 0 spiro atoms. The number of carbonyl (C=O) groups excluding carboxylic acids is 1. The highest BCUT2D eigenvalue weighted by Crippen LogP contribution is 2.20. The minimum absolute atomic E-state index is 0.0622. The molecule has 21 heavy (non-hydrogen) atoms. The van der Waals surface area contributed by atoms with E-state index < -0.39 is 5.97 Å². The van der Waals surface area contributed by atoms with Gasteiger partial charge in [-0.05, 0) is 30.7 Å². The highest BCUT2D eigenvalue weighted by molar-refractivity contribution is 6.32. The van der Waals surface area contributed by atoms with Crippen molar-refractivity contribution in [1.29, 1.82) is 0 Å². The highest BCUT2D eigenvalue weighted by atomic mass is 35.5. The van der Waals surface area contributed by atoms with Crippen LogP contribution in [-0.2, 0) is 9.53 Å². The number of hydrogen-bond acceptors (Lipinski definition) is 3. The summed E-state index contributed by atoms with van der Waals surface area (Å²) in [6, 6.07) is 4.70. The van der Waals surface area contributed by atoms with Crippen LogP contribution < -0.4 is 0 Å². The minimum Gasteiger partial charge on any atom is -0.478 e. The number of benzene rings is 1. The molecule has 0 aliphatic rings. The van der Waals surface area contributed by atoms with Crippen LogP contribution >= 0.6 is 11.6 Å². The zero-order valence-corrected chi connectivity index (χ0v) is 12.9. The van der Waals surface area contributed by atoms with Crippen LogP contribution in [-0.4, -0.2) is 48.7 Å². The fourth-order valence-corrected chi connectivity index (χ4v) is 1.96. The molecule has 1 atom stereocenters. The molecule has 0 fully saturated rings. The Morgan fingerprint density at radius 1 is 1.48 bits per heavy atom. The smallest absolute Gasteiger partial charge is 0.328 e. The quantitative estimate of drug-likeness (QED) is 0.820. The van der Waals surface area contributed by atoms with Crippen LogP contribution in [0.25, 0.3) is 6.08 Å². The molecule has 0 heterocycles. The van der Waals surface area contributed by atoms with Crippen molar-refractivity contribution in [3.8, 4) is 0 Å². The van der Waals surface area contributed by atoms with Crippen LogP contribution in [0.15, 0.2) is 24.3 Å². The summed E-state index contributed by atoms with van der Waals surface area (Å²) in [5, 5.41) is 8.92. The normalized spacial score (nSPS) is 12.4. The molecule has 1 N–H and O–H groups in total. The average Bonchev–Trinajstić information content (AvgIpc) is 2.44. The molecule has 0 aromatic heterocycles. The van der Waals surface area contributed by atoms with E-state index in [-0.39, 0.29) is 11.9 Å². The molecule has 0 aliphatic heterocycles. The number of rotatable bonds is 6. The van der Waals surface area contributed by atoms with Gasteiger partial charge in [-0.1, -0.05) is 17.7 Å². The van der Waals surface area contributed by atoms with E-state index in [9.17, 15) is 9.59 Å². The molecular formula is C15H18ClNO4. The summed E-state index contributed by atoms with van der Waals surface area (Å²) in [6.45, 7) is 2.32. The van der Waals surface area contributed by atoms with Gasteiger partial charge in [0.25, 0.3) is 5.91 Å². The maximum absolute atomic E-state index is 12.3. The fourth-order valence-electron chi connectivity index (χ4n) is 1.71. The molecule has 6 heteroatoms. The van der Waals surface area contributed by atoms with Crippen LogP contribution in [0.5, 0.6) is 0 Å². The molecular weight excluding hydrogens is 294 g/mol. The van der Waals surface area contributed by atoms with Gasteiger partial charge in [-0.25, -0.2) is 4.79 Å². The predicted molar refractivity (Wildman–Crippen MR) is 81.6 cm³/mol. The zero-order valence-electron chi connectivity index (χ0n) is 12.2. The third-order valence-corrected chi connectivity index (χ3v) is 3.37. The third kappa shape index (κ3) is 4.88. The molecule has 1 rings (SSSR count). The van der Waals surface area contributed by atoms with Crippen LogP contribution in [0, 0.1) is 0 Å². The Bertz CT molecular complexity index is 557. The SMILES string of the molecule is COCC(C)N(C)C(=O)c1ccc(/C=C/C(=O)O)c(Cl)c1. The van der Waals surface area contributed by atoms with Crippen molar-refractivity contribution in [1.82, 2.24) is 4.90 Å². The second-order valence-electron chi connectivity index (χ2n) is 4.63. The standard InChI is InChI=1S/C15H18ClNO4/c1-10(9-21-3)17(2)15(20)12-5-4-11(13(16)8-12)6-7-14(18)19/h4-8,10H,9H2,1-3H3,(H,18,19)/b7-6+. The first-order valence-electron chi connectivity index (χ1n) is 6.33. The second kappa shape index (κ2) is 7.81. The summed E-state index contributed by atoms with van der Waals surface area (Å²) in [4.78, 5) is 24.3. The Morgan fingerprint density at radius 2 is 2.14 bits per heavy atom. The number of ether oxygens (including phenoxy) is 1. The predicted octanol–water partition coefficient (Wildman–Crippen LogP) is 2.54. The first-order valence-corrected chi connectivity index (χ1v) is 6.71. The van der Waals surface area contributed by atoms with Crippen LogP contribution in [0.4, 0.5) is 0 Å². The van der Waals surface area contributed by atoms with Gasteiger partial charge in [0, 0.05) is 30.8 Å². The molecule has 1 aromatic carbocycles. The van der Waals surface area contributed by atoms with Gasteiger partial charge in [-0.15, -0.1) is 0 Å². The van der Waals surface area contributed by atoms with Gasteiger partial charge in [0.05, 0.1) is 12.6 Å². The molecule has 0 bridgehead atoms. The fraction of sp³-hybridized carbons (Fsp3) is 0.333. The Balaban J connectivity index is 2.93. The summed E-state index contributed by atoms with van der Waals surface area (Å²) >= 11 is 6.06. The molecule has 0 aliphatic carbocycles. The average molecular weight is 312 g/mol. The van der Waals surface area contributed by atoms with Crippen LogP contribution in [0.2, 0.25) is 5.02 Å². The summed E-state index contributed by atoms with van der Waals surface area (Å²) in [5.41, 5.74) is 0.987. The summed E-state index contributed by atoms with van der Waals surface area (Å²) < 4.78 is 5.02. The number of halogens is 1. The van der Waals surface area contributed by atoms with Crippen LogP contribution in [0.3, 0.4) is 0 Å². The van der Waals surface area contributed by atoms with Gasteiger partial charge in [0.1, 0.15) is 0 Å². The summed E-state index contributed by atoms with van der Waals surface area (Å²) in [5.74, 6) is -1.23. The lowest BCUT2D eigenvalue weighted by atomic mass is 10.1. The largest absolute Gasteiger partial charge is 0.478 e. The molecule has 1 aromatic rings. The summed E-state index contributed by atoms with van der Waals surface area (Å²) in [7, 11) is 3.27. The van der Waals surface area contributed by atoms with Gasteiger partial charge < -0.3 is 14.7 Å². The maximum atomic E-state index is 12.3. The van der Waals surface area contributed by atoms with Gasteiger partial charge >= 0.3 is 5.97 Å². The highest BCUT2D eigenvalue weighted by Gasteiger charge is 2.18. The topological polar surface area (TPSA) is 66.8 Å². The maximum Gasteiger partial charge on any atom is 0.328 e. The zero-order chi connectivity index (χ0) is 16.0. The molecule has 5 nitrogen and oxygen atoms in total. The van der Waals surface area contributed by atoms with E-state index in [2.05, 4.69) is 0 Å². The number of nitrogens with zero attached hydrogens (tertiary/aromatic N) is 1. The van der Waals surface area contributed by atoms with Gasteiger partial charge in [0.2, 0.25) is 0 Å². The van der Waals surface area contributed by atoms with E-state index in [0.717, 1.165) is 6.08 Å². The first-order chi connectivity index (χ1) is 9.86. The Labute approximate surface area is 128 Å². The first kappa shape index (κ1) is 17.2. The van der Waals surface area contributed by atoms with Crippen molar-refractivity contribution in [3.63, 3.8) is 0 Å². The second-order valence-corrected chi connectivity index (χ2v) is 5.04. The Kier molecular flexibility index (Phi) is 6.39. The monoisotopic (exact) mass is 311 g/mol. The van der Waals surface area contributed by atoms with Crippen molar-refractivity contribution < 1.29 is 19.4 Å². The number of methoxy groups -OCH3 is 1. The number of carbonyl (C=O) groups is 2. The lowest BCUT2D eigenvalue weighted by Gasteiger charge is -2.24. The van der Waals surface area contributed by atoms with Gasteiger partial charge in [-0.2, -0.15) is 0 Å². The number of carboxylic acids is 1. The van der Waals surface area contributed by atoms with Crippen molar-refractivity contribution in [2.45, 2.75) is 13.0 Å². The van der Waals surface area contributed by atoms with Gasteiger partial charge in [0.15, 0.2) is 0 Å². The van der Waals surface area contributed by atoms with Crippen molar-refractivity contribution >= 4 is 29.6 Å². The van der Waals surface area contributed by atoms with E-state index in [1.807, 2.05) is 6.92 Å². The lowest BCUT2D eigenvalue weighted by molar-refractivity contribution is -0.131. The van der Waals surface area contributed by atoms with Crippen LogP contribution in [0.1, 0.15) is 22.8 Å². The minimum atomic E-state index is -1.06. The molecule has 0 radical (unpaired) electrons. The third-order valence-electron chi connectivity index (χ3n) is 3.04. The molecule has 114 valence electrons. The van der Waals surface area contributed by atoms with Crippen molar-refractivity contribution in [2.24, 2.45) is 0 Å². The molecule has 0 saturated carbocycles. The molecule has 1 unspecified atom stereocenters. The van der Waals surface area contributed by atoms with E-state index >= 15 is 0 Å². The van der Waals surface area contributed by atoms with E-state index in [4.69, 9.17) is 21.4 Å². The number of aliphatic carboxylic acids is 1. The van der Waals surface area contributed by atoms with E-state index in [1.54, 1.807) is 31.2 Å². The molecule has 0 saturated heterocycles. The lowest BCUT2D eigenvalue weighted by Crippen LogP contribution is -2.37. The molecule has 1 amide bonds. The summed E-state index contributed by atoms with van der Waals surface area (Å²) in [6.07, 6.45) is 2.38. The van der Waals surface area contributed by atoms with Crippen molar-refractivity contribution in [2.75, 3.05) is 20.8 Å². The number of amides is 1. The Morgan fingerprint density at radius 3 is 2.67 bits per heavy atom. The number of likely N-dealkylation sites (N-methyl/N-ethyl adjacent to an activating group) is 1. The van der Waals surface area contributed by atoms with E-state index in [1.165, 1.54) is 12.1 Å². The Hall–Kier alpha value is -1.85. The van der Waals surface area contributed by atoms with E-state index in [0.29, 0.717) is 22.8 Å². The number of hydrogen-bond donors (Lipinski definition) is 1. The van der Waals surface area contributed by atoms with Crippen molar-refractivity contribution in [3.05, 3.63) is 40.4 Å². The van der Waals surface area contributed by atoms with Gasteiger partial charge in [-0.3, -0.25) is 4.79 Å². The number of carboxylic acid groups (broad SMARTS) is 1.